The monoisotopic (exact) mass is 200 g/mol. The van der Waals surface area contributed by atoms with Gasteiger partial charge < -0.3 is 5.32 Å². The normalized spacial score (nSPS) is 11.2. The summed E-state index contributed by atoms with van der Waals surface area (Å²) in [5.41, 5.74) is 0.258. The summed E-state index contributed by atoms with van der Waals surface area (Å²) in [4.78, 5) is 0. The average Bonchev–Trinajstić information content (AvgIpc) is 2.09. The Bertz CT molecular complexity index is 161. The summed E-state index contributed by atoms with van der Waals surface area (Å²) in [6, 6.07) is 2.19. The topological polar surface area (TPSA) is 35.8 Å². The minimum atomic E-state index is 0.258. The molecule has 0 bridgehead atoms. The third-order valence-electron chi connectivity index (χ3n) is 2.00. The molecule has 0 amide bonds. The van der Waals surface area contributed by atoms with Gasteiger partial charge in [-0.1, -0.05) is 13.8 Å². The molecule has 0 aliphatic heterocycles. The Hall–Kier alpha value is -0.200. The van der Waals surface area contributed by atoms with Crippen molar-refractivity contribution in [3.8, 4) is 6.07 Å². The predicted octanol–water partition coefficient (Wildman–Crippen LogP) is 2.27. The Morgan fingerprint density at radius 3 is 2.69 bits per heavy atom. The molecule has 0 aliphatic rings. The van der Waals surface area contributed by atoms with Crippen LogP contribution in [0.15, 0.2) is 0 Å². The fraction of sp³-hybridized carbons (Fsp3) is 0.900. The zero-order valence-corrected chi connectivity index (χ0v) is 9.71. The first kappa shape index (κ1) is 12.8. The molecule has 0 fully saturated rings. The van der Waals surface area contributed by atoms with Gasteiger partial charge in [0.1, 0.15) is 0 Å². The third-order valence-corrected chi connectivity index (χ3v) is 2.61. The van der Waals surface area contributed by atoms with Gasteiger partial charge in [0, 0.05) is 25.3 Å². The number of thioether (sulfide) groups is 1. The van der Waals surface area contributed by atoms with E-state index in [2.05, 4.69) is 31.5 Å². The van der Waals surface area contributed by atoms with Crippen LogP contribution in [0.2, 0.25) is 0 Å². The van der Waals surface area contributed by atoms with Crippen LogP contribution in [0, 0.1) is 16.7 Å². The van der Waals surface area contributed by atoms with Gasteiger partial charge in [-0.2, -0.15) is 17.0 Å². The lowest BCUT2D eigenvalue weighted by atomic mass is 9.88. The Kier molecular flexibility index (Phi) is 7.12. The van der Waals surface area contributed by atoms with Crippen LogP contribution in [-0.4, -0.2) is 25.1 Å². The molecule has 0 saturated carbocycles. The molecule has 0 aliphatic carbocycles. The molecule has 13 heavy (non-hydrogen) atoms. The van der Waals surface area contributed by atoms with Crippen LogP contribution in [0.1, 0.15) is 26.7 Å². The maximum atomic E-state index is 8.47. The molecule has 3 heteroatoms. The molecule has 0 radical (unpaired) electrons. The molecular weight excluding hydrogens is 180 g/mol. The van der Waals surface area contributed by atoms with E-state index in [4.69, 9.17) is 5.26 Å². The van der Waals surface area contributed by atoms with Crippen LogP contribution in [0.4, 0.5) is 0 Å². The number of nitrogens with one attached hydrogen (secondary N) is 1. The van der Waals surface area contributed by atoms with E-state index >= 15 is 0 Å². The van der Waals surface area contributed by atoms with Crippen molar-refractivity contribution in [2.24, 2.45) is 5.41 Å². The van der Waals surface area contributed by atoms with E-state index in [0.717, 1.165) is 25.3 Å². The summed E-state index contributed by atoms with van der Waals surface area (Å²) < 4.78 is 0. The Morgan fingerprint density at radius 2 is 2.15 bits per heavy atom. The van der Waals surface area contributed by atoms with Crippen molar-refractivity contribution < 1.29 is 0 Å². The number of rotatable bonds is 7. The summed E-state index contributed by atoms with van der Waals surface area (Å²) in [6.07, 6.45) is 3.76. The summed E-state index contributed by atoms with van der Waals surface area (Å²) >= 11 is 1.86. The van der Waals surface area contributed by atoms with Crippen molar-refractivity contribution in [1.29, 1.82) is 5.26 Å². The van der Waals surface area contributed by atoms with Gasteiger partial charge in [0.15, 0.2) is 0 Å². The quantitative estimate of drug-likeness (QED) is 0.640. The van der Waals surface area contributed by atoms with E-state index in [1.54, 1.807) is 0 Å². The van der Waals surface area contributed by atoms with Gasteiger partial charge in [-0.3, -0.25) is 0 Å². The Morgan fingerprint density at radius 1 is 1.46 bits per heavy atom. The standard InChI is InChI=1S/C10H20N2S/c1-10(2,5-4-6-11)9-12-7-8-13-3/h12H,4-5,7-9H2,1-3H3. The maximum Gasteiger partial charge on any atom is 0.0621 e. The molecule has 1 N–H and O–H groups in total. The van der Waals surface area contributed by atoms with Crippen molar-refractivity contribution in [1.82, 2.24) is 5.32 Å². The van der Waals surface area contributed by atoms with E-state index in [0.29, 0.717) is 6.42 Å². The van der Waals surface area contributed by atoms with Gasteiger partial charge in [-0.15, -0.1) is 0 Å². The van der Waals surface area contributed by atoms with Gasteiger partial charge in [-0.25, -0.2) is 0 Å². The van der Waals surface area contributed by atoms with Crippen molar-refractivity contribution in [2.75, 3.05) is 25.1 Å². The second kappa shape index (κ2) is 7.23. The van der Waals surface area contributed by atoms with E-state index in [1.165, 1.54) is 0 Å². The molecule has 0 rings (SSSR count). The molecule has 0 aromatic carbocycles. The summed E-state index contributed by atoms with van der Waals surface area (Å²) in [5, 5.41) is 11.9. The Labute approximate surface area is 86.1 Å². The van der Waals surface area contributed by atoms with Crippen LogP contribution < -0.4 is 5.32 Å². The number of hydrogen-bond donors (Lipinski definition) is 1. The van der Waals surface area contributed by atoms with Gasteiger partial charge >= 0.3 is 0 Å². The minimum Gasteiger partial charge on any atom is -0.315 e. The van der Waals surface area contributed by atoms with Gasteiger partial charge in [0.05, 0.1) is 6.07 Å². The fourth-order valence-corrected chi connectivity index (χ4v) is 1.43. The fourth-order valence-electron chi connectivity index (χ4n) is 1.08. The Balaban J connectivity index is 3.45. The van der Waals surface area contributed by atoms with Crippen LogP contribution in [0.3, 0.4) is 0 Å². The van der Waals surface area contributed by atoms with Crippen molar-refractivity contribution in [3.63, 3.8) is 0 Å². The summed E-state index contributed by atoms with van der Waals surface area (Å²) in [5.74, 6) is 1.16. The van der Waals surface area contributed by atoms with E-state index in [-0.39, 0.29) is 5.41 Å². The van der Waals surface area contributed by atoms with Gasteiger partial charge in [0.2, 0.25) is 0 Å². The molecule has 0 atom stereocenters. The molecule has 0 unspecified atom stereocenters. The highest BCUT2D eigenvalue weighted by atomic mass is 32.2. The van der Waals surface area contributed by atoms with Crippen molar-refractivity contribution in [2.45, 2.75) is 26.7 Å². The van der Waals surface area contributed by atoms with E-state index in [1.807, 2.05) is 11.8 Å². The van der Waals surface area contributed by atoms with Crippen LogP contribution >= 0.6 is 11.8 Å². The lowest BCUT2D eigenvalue weighted by molar-refractivity contribution is 0.322. The minimum absolute atomic E-state index is 0.258. The molecule has 0 heterocycles. The summed E-state index contributed by atoms with van der Waals surface area (Å²) in [6.45, 7) is 6.49. The van der Waals surface area contributed by atoms with E-state index < -0.39 is 0 Å². The number of nitriles is 1. The first-order chi connectivity index (χ1) is 6.12. The molecule has 0 aromatic rings. The highest BCUT2D eigenvalue weighted by molar-refractivity contribution is 7.98. The molecule has 0 spiro atoms. The molecule has 0 aromatic heterocycles. The van der Waals surface area contributed by atoms with E-state index in [9.17, 15) is 0 Å². The molecule has 2 nitrogen and oxygen atoms in total. The smallest absolute Gasteiger partial charge is 0.0621 e. The SMILES string of the molecule is CSCCNCC(C)(C)CCC#N. The second-order valence-electron chi connectivity index (χ2n) is 3.99. The molecule has 0 saturated heterocycles. The largest absolute Gasteiger partial charge is 0.315 e. The molecule has 76 valence electrons. The van der Waals surface area contributed by atoms with Crippen LogP contribution in [0.25, 0.3) is 0 Å². The van der Waals surface area contributed by atoms with Crippen LogP contribution in [0.5, 0.6) is 0 Å². The lowest BCUT2D eigenvalue weighted by Gasteiger charge is -2.23. The van der Waals surface area contributed by atoms with Gasteiger partial charge in [0.25, 0.3) is 0 Å². The zero-order valence-electron chi connectivity index (χ0n) is 8.89. The van der Waals surface area contributed by atoms with Crippen LogP contribution in [-0.2, 0) is 0 Å². The number of nitrogens with zero attached hydrogens (tertiary/aromatic N) is 1. The summed E-state index contributed by atoms with van der Waals surface area (Å²) in [7, 11) is 0. The zero-order chi connectivity index (χ0) is 10.2. The second-order valence-corrected chi connectivity index (χ2v) is 4.98. The first-order valence-electron chi connectivity index (χ1n) is 4.69. The molecular formula is C10H20N2S. The average molecular weight is 200 g/mol. The highest BCUT2D eigenvalue weighted by Crippen LogP contribution is 2.20. The third kappa shape index (κ3) is 8.14. The van der Waals surface area contributed by atoms with Crippen molar-refractivity contribution >= 4 is 11.8 Å². The first-order valence-corrected chi connectivity index (χ1v) is 6.08. The highest BCUT2D eigenvalue weighted by Gasteiger charge is 2.16. The predicted molar refractivity (Wildman–Crippen MR) is 59.9 cm³/mol. The van der Waals surface area contributed by atoms with Crippen molar-refractivity contribution in [3.05, 3.63) is 0 Å². The number of hydrogen-bond acceptors (Lipinski definition) is 3. The van der Waals surface area contributed by atoms with Gasteiger partial charge in [-0.05, 0) is 18.1 Å². The lowest BCUT2D eigenvalue weighted by Crippen LogP contribution is -2.30. The maximum absolute atomic E-state index is 8.47.